The largest absolute Gasteiger partial charge is 0.481 e. The molecular weight excluding hydrogens is 370 g/mol. The predicted octanol–water partition coefficient (Wildman–Crippen LogP) is 0.821. The van der Waals surface area contributed by atoms with Crippen LogP contribution in [0.15, 0.2) is 35.2 Å². The first-order valence-corrected chi connectivity index (χ1v) is 9.49. The van der Waals surface area contributed by atoms with Crippen molar-refractivity contribution in [3.63, 3.8) is 0 Å². The predicted molar refractivity (Wildman–Crippen MR) is 99.9 cm³/mol. The second-order valence-electron chi connectivity index (χ2n) is 6.29. The molecule has 1 saturated heterocycles. The number of carboxylic acids is 1. The number of hydrogen-bond acceptors (Lipinski definition) is 6. The van der Waals surface area contributed by atoms with E-state index < -0.39 is 36.4 Å². The van der Waals surface area contributed by atoms with Crippen LogP contribution in [0.1, 0.15) is 26.2 Å². The van der Waals surface area contributed by atoms with Crippen molar-refractivity contribution in [1.82, 2.24) is 14.9 Å². The molecule has 1 fully saturated rings. The molecule has 3 N–H and O–H groups in total. The minimum absolute atomic E-state index is 0.211. The molecule has 1 heterocycles. The first-order valence-electron chi connectivity index (χ1n) is 8.67. The molecule has 0 saturated carbocycles. The Balaban J connectivity index is 1.93. The highest BCUT2D eigenvalue weighted by molar-refractivity contribution is 7.97. The van der Waals surface area contributed by atoms with Crippen LogP contribution in [-0.2, 0) is 19.2 Å². The maximum absolute atomic E-state index is 12.7. The Bertz CT molecular complexity index is 685. The second kappa shape index (κ2) is 10.1. The number of nitrogens with one attached hydrogen (secondary N) is 2. The summed E-state index contributed by atoms with van der Waals surface area (Å²) < 4.78 is 3.07. The summed E-state index contributed by atoms with van der Waals surface area (Å²) in [5.41, 5.74) is 0. The lowest BCUT2D eigenvalue weighted by Gasteiger charge is -2.27. The summed E-state index contributed by atoms with van der Waals surface area (Å²) >= 11 is 1.34. The van der Waals surface area contributed by atoms with Crippen molar-refractivity contribution in [3.8, 4) is 0 Å². The molecule has 1 aromatic carbocycles. The van der Waals surface area contributed by atoms with Gasteiger partial charge in [0.1, 0.15) is 12.3 Å². The molecule has 8 nitrogen and oxygen atoms in total. The summed E-state index contributed by atoms with van der Waals surface area (Å²) in [5.74, 6) is -1.89. The quantitative estimate of drug-likeness (QED) is 0.420. The third-order valence-electron chi connectivity index (χ3n) is 4.19. The topological polar surface area (TPSA) is 116 Å². The van der Waals surface area contributed by atoms with Crippen molar-refractivity contribution in [2.24, 2.45) is 0 Å². The van der Waals surface area contributed by atoms with Gasteiger partial charge < -0.3 is 20.1 Å². The first kappa shape index (κ1) is 20.9. The number of benzene rings is 1. The Labute approximate surface area is 161 Å². The third-order valence-corrected chi connectivity index (χ3v) is 5.17. The Hall–Kier alpha value is -2.39. The summed E-state index contributed by atoms with van der Waals surface area (Å²) in [7, 11) is 0. The highest BCUT2D eigenvalue weighted by Crippen LogP contribution is 2.20. The van der Waals surface area contributed by atoms with Gasteiger partial charge in [0.05, 0.1) is 18.5 Å². The van der Waals surface area contributed by atoms with Crippen molar-refractivity contribution in [1.29, 1.82) is 0 Å². The van der Waals surface area contributed by atoms with E-state index in [4.69, 9.17) is 5.11 Å². The molecule has 2 amide bonds. The summed E-state index contributed by atoms with van der Waals surface area (Å²) in [6.07, 6.45) is 1.07. The van der Waals surface area contributed by atoms with E-state index in [2.05, 4.69) is 10.0 Å². The van der Waals surface area contributed by atoms with E-state index in [1.807, 2.05) is 30.3 Å². The molecule has 0 aliphatic carbocycles. The maximum Gasteiger partial charge on any atom is 0.305 e. The standard InChI is InChI=1S/C18H23N3O5S/c1-12(20-27-14-6-3-2-4-7-14)18(26)21-9-5-8-15(21)17(25)19-13(11-22)10-16(23)24/h2-4,6-7,11-13,15,20H,5,8-10H2,1H3,(H,19,25)(H,23,24)/t12?,13?,15-/m0/s1. The van der Waals surface area contributed by atoms with Gasteiger partial charge in [-0.25, -0.2) is 4.72 Å². The maximum atomic E-state index is 12.7. The van der Waals surface area contributed by atoms with Crippen molar-refractivity contribution in [2.75, 3.05) is 6.54 Å². The molecule has 1 aromatic rings. The Kier molecular flexibility index (Phi) is 7.81. The van der Waals surface area contributed by atoms with E-state index in [1.54, 1.807) is 6.92 Å². The Morgan fingerprint density at radius 3 is 2.67 bits per heavy atom. The number of amides is 2. The Morgan fingerprint density at radius 1 is 1.33 bits per heavy atom. The monoisotopic (exact) mass is 393 g/mol. The van der Waals surface area contributed by atoms with Gasteiger partial charge in [0, 0.05) is 11.4 Å². The number of nitrogens with zero attached hydrogens (tertiary/aromatic N) is 1. The zero-order valence-electron chi connectivity index (χ0n) is 15.0. The van der Waals surface area contributed by atoms with Gasteiger partial charge in [0.15, 0.2) is 0 Å². The lowest BCUT2D eigenvalue weighted by Crippen LogP contribution is -2.52. The second-order valence-corrected chi connectivity index (χ2v) is 7.20. The van der Waals surface area contributed by atoms with Gasteiger partial charge in [-0.2, -0.15) is 0 Å². The summed E-state index contributed by atoms with van der Waals surface area (Å²) in [5, 5.41) is 11.2. The van der Waals surface area contributed by atoms with Crippen molar-refractivity contribution >= 4 is 36.0 Å². The fourth-order valence-electron chi connectivity index (χ4n) is 2.85. The average molecular weight is 393 g/mol. The van der Waals surface area contributed by atoms with Gasteiger partial charge in [-0.15, -0.1) is 0 Å². The van der Waals surface area contributed by atoms with Crippen LogP contribution in [0.2, 0.25) is 0 Å². The van der Waals surface area contributed by atoms with Gasteiger partial charge in [-0.3, -0.25) is 14.4 Å². The molecule has 0 aromatic heterocycles. The lowest BCUT2D eigenvalue weighted by molar-refractivity contribution is -0.141. The van der Waals surface area contributed by atoms with Crippen LogP contribution >= 0.6 is 11.9 Å². The van der Waals surface area contributed by atoms with Crippen molar-refractivity contribution in [2.45, 2.75) is 49.2 Å². The van der Waals surface area contributed by atoms with Gasteiger partial charge in [-0.05, 0) is 43.8 Å². The van der Waals surface area contributed by atoms with E-state index in [9.17, 15) is 19.2 Å². The van der Waals surface area contributed by atoms with Crippen LogP contribution in [0.4, 0.5) is 0 Å². The van der Waals surface area contributed by atoms with Crippen LogP contribution < -0.4 is 10.0 Å². The van der Waals surface area contributed by atoms with E-state index in [0.29, 0.717) is 25.7 Å². The number of carbonyl (C=O) groups excluding carboxylic acids is 3. The fourth-order valence-corrected chi connectivity index (χ4v) is 3.55. The van der Waals surface area contributed by atoms with Gasteiger partial charge in [0.25, 0.3) is 0 Å². The molecule has 0 bridgehead atoms. The number of aldehydes is 1. The van der Waals surface area contributed by atoms with Gasteiger partial charge >= 0.3 is 5.97 Å². The molecule has 1 aliphatic rings. The molecule has 3 atom stereocenters. The number of rotatable bonds is 9. The molecule has 9 heteroatoms. The van der Waals surface area contributed by atoms with Crippen LogP contribution in [0.5, 0.6) is 0 Å². The first-order chi connectivity index (χ1) is 12.9. The van der Waals surface area contributed by atoms with Crippen LogP contribution in [-0.4, -0.2) is 58.7 Å². The molecule has 0 radical (unpaired) electrons. The minimum atomic E-state index is -1.18. The highest BCUT2D eigenvalue weighted by Gasteiger charge is 2.36. The van der Waals surface area contributed by atoms with Gasteiger partial charge in [-0.1, -0.05) is 18.2 Å². The SMILES string of the molecule is CC(NSc1ccccc1)C(=O)N1CCC[C@H]1C(=O)NC(C=O)CC(=O)O. The number of likely N-dealkylation sites (tertiary alicyclic amines) is 1. The van der Waals surface area contributed by atoms with E-state index in [-0.39, 0.29) is 5.91 Å². The number of carboxylic acid groups (broad SMARTS) is 1. The van der Waals surface area contributed by atoms with E-state index in [1.165, 1.54) is 16.8 Å². The van der Waals surface area contributed by atoms with E-state index >= 15 is 0 Å². The number of carbonyl (C=O) groups is 4. The zero-order chi connectivity index (χ0) is 19.8. The molecule has 2 unspecified atom stereocenters. The van der Waals surface area contributed by atoms with Crippen LogP contribution in [0.25, 0.3) is 0 Å². The zero-order valence-corrected chi connectivity index (χ0v) is 15.8. The Morgan fingerprint density at radius 2 is 2.04 bits per heavy atom. The molecule has 0 spiro atoms. The van der Waals surface area contributed by atoms with Crippen molar-refractivity contribution < 1.29 is 24.3 Å². The fraction of sp³-hybridized carbons (Fsp3) is 0.444. The molecular formula is C18H23N3O5S. The molecule has 2 rings (SSSR count). The molecule has 27 heavy (non-hydrogen) atoms. The van der Waals surface area contributed by atoms with Crippen LogP contribution in [0.3, 0.4) is 0 Å². The number of hydrogen-bond donors (Lipinski definition) is 3. The normalized spacial score (nSPS) is 18.6. The molecule has 1 aliphatic heterocycles. The van der Waals surface area contributed by atoms with E-state index in [0.717, 1.165) is 4.90 Å². The third kappa shape index (κ3) is 6.07. The summed E-state index contributed by atoms with van der Waals surface area (Å²) in [6, 6.07) is 7.24. The smallest absolute Gasteiger partial charge is 0.305 e. The minimum Gasteiger partial charge on any atom is -0.481 e. The van der Waals surface area contributed by atoms with Crippen LogP contribution in [0, 0.1) is 0 Å². The van der Waals surface area contributed by atoms with Gasteiger partial charge in [0.2, 0.25) is 11.8 Å². The van der Waals surface area contributed by atoms with Crippen molar-refractivity contribution in [3.05, 3.63) is 30.3 Å². The lowest BCUT2D eigenvalue weighted by atomic mass is 10.1. The average Bonchev–Trinajstić information content (AvgIpc) is 3.15. The summed E-state index contributed by atoms with van der Waals surface area (Å²) in [4.78, 5) is 49.3. The molecule has 146 valence electrons. The summed E-state index contributed by atoms with van der Waals surface area (Å²) in [6.45, 7) is 2.17. The highest BCUT2D eigenvalue weighted by atomic mass is 32.2. The number of aliphatic carboxylic acids is 1.